The van der Waals surface area contributed by atoms with Crippen molar-refractivity contribution in [3.05, 3.63) is 71.3 Å². The third kappa shape index (κ3) is 5.87. The van der Waals surface area contributed by atoms with Gasteiger partial charge in [-0.2, -0.15) is 13.2 Å². The molecule has 0 fully saturated rings. The summed E-state index contributed by atoms with van der Waals surface area (Å²) in [5, 5.41) is 0. The highest BCUT2D eigenvalue weighted by atomic mass is 32.2. The fourth-order valence-corrected chi connectivity index (χ4v) is 3.77. The van der Waals surface area contributed by atoms with E-state index in [1.165, 1.54) is 18.0 Å². The van der Waals surface area contributed by atoms with Crippen LogP contribution in [0.15, 0.2) is 54.6 Å². The van der Waals surface area contributed by atoms with Crippen LogP contribution in [-0.2, 0) is 33.1 Å². The molecule has 2 aromatic rings. The number of carbonyl (C=O) groups is 1. The molecule has 0 saturated heterocycles. The summed E-state index contributed by atoms with van der Waals surface area (Å²) in [6.45, 7) is 0.249. The van der Waals surface area contributed by atoms with Crippen molar-refractivity contribution >= 4 is 15.7 Å². The molecule has 0 heterocycles. The molecule has 0 saturated carbocycles. The Morgan fingerprint density at radius 2 is 1.62 bits per heavy atom. The van der Waals surface area contributed by atoms with Crippen molar-refractivity contribution in [2.24, 2.45) is 0 Å². The van der Waals surface area contributed by atoms with Crippen molar-refractivity contribution in [3.8, 4) is 0 Å². The van der Waals surface area contributed by atoms with E-state index in [2.05, 4.69) is 0 Å². The summed E-state index contributed by atoms with van der Waals surface area (Å²) in [5.41, 5.74) is -0.0744. The van der Waals surface area contributed by atoms with Gasteiger partial charge in [0.25, 0.3) is 0 Å². The zero-order valence-corrected chi connectivity index (χ0v) is 14.8. The lowest BCUT2D eigenvalue weighted by Gasteiger charge is -2.17. The van der Waals surface area contributed by atoms with Gasteiger partial charge in [0.05, 0.1) is 11.3 Å². The summed E-state index contributed by atoms with van der Waals surface area (Å²) in [4.78, 5) is 13.4. The maximum absolute atomic E-state index is 12.7. The van der Waals surface area contributed by atoms with Crippen molar-refractivity contribution < 1.29 is 26.4 Å². The Balaban J connectivity index is 2.03. The highest BCUT2D eigenvalue weighted by Gasteiger charge is 2.31. The van der Waals surface area contributed by atoms with E-state index in [0.717, 1.165) is 23.8 Å². The van der Waals surface area contributed by atoms with E-state index in [1.807, 2.05) is 6.07 Å². The van der Waals surface area contributed by atoms with Gasteiger partial charge in [-0.15, -0.1) is 0 Å². The molecule has 0 N–H and O–H groups in total. The number of sulfone groups is 1. The van der Waals surface area contributed by atoms with Gasteiger partial charge in [-0.3, -0.25) is 4.79 Å². The van der Waals surface area contributed by atoms with Crippen molar-refractivity contribution in [1.82, 2.24) is 4.90 Å². The van der Waals surface area contributed by atoms with Crippen LogP contribution < -0.4 is 0 Å². The number of alkyl halides is 3. The summed E-state index contributed by atoms with van der Waals surface area (Å²) >= 11 is 0. The Bertz CT molecular complexity index is 865. The van der Waals surface area contributed by atoms with Crippen LogP contribution in [-0.4, -0.2) is 32.0 Å². The number of amides is 1. The zero-order valence-electron chi connectivity index (χ0n) is 14.0. The fourth-order valence-electron chi connectivity index (χ4n) is 2.39. The monoisotopic (exact) mass is 385 g/mol. The van der Waals surface area contributed by atoms with Gasteiger partial charge in [0.1, 0.15) is 5.75 Å². The first-order valence-electron chi connectivity index (χ1n) is 7.71. The number of benzene rings is 2. The normalized spacial score (nSPS) is 12.0. The van der Waals surface area contributed by atoms with Crippen LogP contribution >= 0.6 is 0 Å². The minimum atomic E-state index is -4.55. The molecule has 8 heteroatoms. The van der Waals surface area contributed by atoms with E-state index in [1.54, 1.807) is 24.3 Å². The lowest BCUT2D eigenvalue weighted by atomic mass is 10.1. The topological polar surface area (TPSA) is 54.5 Å². The molecular weight excluding hydrogens is 367 g/mol. The van der Waals surface area contributed by atoms with Crippen molar-refractivity contribution in [2.75, 3.05) is 12.8 Å². The van der Waals surface area contributed by atoms with Crippen LogP contribution in [0, 0.1) is 0 Å². The highest BCUT2D eigenvalue weighted by molar-refractivity contribution is 7.91. The minimum absolute atomic E-state index is 0.00154. The Morgan fingerprint density at radius 3 is 2.23 bits per heavy atom. The maximum Gasteiger partial charge on any atom is 0.416 e. The predicted octanol–water partition coefficient (Wildman–Crippen LogP) is 3.28. The van der Waals surface area contributed by atoms with Crippen LogP contribution in [0.2, 0.25) is 0 Å². The summed E-state index contributed by atoms with van der Waals surface area (Å²) in [6, 6.07) is 13.1. The van der Waals surface area contributed by atoms with Gasteiger partial charge in [0.2, 0.25) is 5.91 Å². The van der Waals surface area contributed by atoms with Crippen LogP contribution in [0.4, 0.5) is 13.2 Å². The van der Waals surface area contributed by atoms with Crippen molar-refractivity contribution in [2.45, 2.75) is 18.5 Å². The Kier molecular flexibility index (Phi) is 6.07. The van der Waals surface area contributed by atoms with Gasteiger partial charge in [-0.25, -0.2) is 8.42 Å². The molecular formula is C18H18F3NO3S. The van der Waals surface area contributed by atoms with Crippen molar-refractivity contribution in [3.63, 3.8) is 0 Å². The second-order valence-corrected chi connectivity index (χ2v) is 8.03. The third-order valence-corrected chi connectivity index (χ3v) is 5.13. The molecule has 0 atom stereocenters. The molecule has 2 rings (SSSR count). The zero-order chi connectivity index (χ0) is 19.4. The van der Waals surface area contributed by atoms with E-state index in [4.69, 9.17) is 0 Å². The molecule has 140 valence electrons. The Morgan fingerprint density at radius 1 is 1.00 bits per heavy atom. The first-order chi connectivity index (χ1) is 12.1. The van der Waals surface area contributed by atoms with E-state index < -0.39 is 39.0 Å². The maximum atomic E-state index is 12.7. The molecule has 0 aliphatic carbocycles. The molecule has 0 aliphatic rings. The number of carbonyl (C=O) groups excluding carboxylic acids is 1. The largest absolute Gasteiger partial charge is 0.416 e. The predicted molar refractivity (Wildman–Crippen MR) is 91.9 cm³/mol. The first kappa shape index (κ1) is 20.0. The van der Waals surface area contributed by atoms with E-state index >= 15 is 0 Å². The number of nitrogens with zero attached hydrogens (tertiary/aromatic N) is 1. The van der Waals surface area contributed by atoms with Gasteiger partial charge >= 0.3 is 6.18 Å². The van der Waals surface area contributed by atoms with Gasteiger partial charge in [-0.05, 0) is 17.2 Å². The molecule has 0 aliphatic heterocycles. The summed E-state index contributed by atoms with van der Waals surface area (Å²) < 4.78 is 62.5. The molecule has 0 aromatic heterocycles. The van der Waals surface area contributed by atoms with Crippen LogP contribution in [0.25, 0.3) is 0 Å². The van der Waals surface area contributed by atoms with E-state index in [0.29, 0.717) is 0 Å². The van der Waals surface area contributed by atoms with Gasteiger partial charge in [-0.1, -0.05) is 48.5 Å². The standard InChI is InChI=1S/C18H18F3NO3S/c1-22(11-14-6-3-2-4-7-14)17(23)13-26(24,25)12-15-8-5-9-16(10-15)18(19,20)21/h2-10H,11-13H2,1H3. The lowest BCUT2D eigenvalue weighted by molar-refractivity contribution is -0.137. The fraction of sp³-hybridized carbons (Fsp3) is 0.278. The molecule has 4 nitrogen and oxygen atoms in total. The molecule has 0 spiro atoms. The first-order valence-corrected chi connectivity index (χ1v) is 9.53. The molecule has 1 amide bonds. The molecule has 0 bridgehead atoms. The lowest BCUT2D eigenvalue weighted by Crippen LogP contribution is -2.32. The molecule has 2 aromatic carbocycles. The van der Waals surface area contributed by atoms with Crippen LogP contribution in [0.5, 0.6) is 0 Å². The SMILES string of the molecule is CN(Cc1ccccc1)C(=O)CS(=O)(=O)Cc1cccc(C(F)(F)F)c1. The van der Waals surface area contributed by atoms with Gasteiger partial charge in [0, 0.05) is 13.6 Å². The molecule has 26 heavy (non-hydrogen) atoms. The third-order valence-electron chi connectivity index (χ3n) is 3.67. The molecule has 0 radical (unpaired) electrons. The van der Waals surface area contributed by atoms with E-state index in [9.17, 15) is 26.4 Å². The number of rotatable bonds is 6. The molecule has 0 unspecified atom stereocenters. The van der Waals surface area contributed by atoms with E-state index in [-0.39, 0.29) is 12.1 Å². The second kappa shape index (κ2) is 7.90. The number of halogens is 3. The Hall–Kier alpha value is -2.35. The summed E-state index contributed by atoms with van der Waals surface area (Å²) in [7, 11) is -2.41. The van der Waals surface area contributed by atoms with Crippen molar-refractivity contribution in [1.29, 1.82) is 0 Å². The average molecular weight is 385 g/mol. The average Bonchev–Trinajstić information content (AvgIpc) is 2.54. The summed E-state index contributed by atoms with van der Waals surface area (Å²) in [6.07, 6.45) is -4.55. The second-order valence-electron chi connectivity index (χ2n) is 5.97. The van der Waals surface area contributed by atoms with Crippen LogP contribution in [0.3, 0.4) is 0 Å². The minimum Gasteiger partial charge on any atom is -0.341 e. The Labute approximate surface area is 150 Å². The number of hydrogen-bond donors (Lipinski definition) is 0. The summed E-state index contributed by atoms with van der Waals surface area (Å²) in [5.74, 6) is -1.99. The quantitative estimate of drug-likeness (QED) is 0.767. The highest BCUT2D eigenvalue weighted by Crippen LogP contribution is 2.29. The van der Waals surface area contributed by atoms with Gasteiger partial charge in [0.15, 0.2) is 9.84 Å². The number of hydrogen-bond acceptors (Lipinski definition) is 3. The van der Waals surface area contributed by atoms with Crippen LogP contribution in [0.1, 0.15) is 16.7 Å². The van der Waals surface area contributed by atoms with Gasteiger partial charge < -0.3 is 4.90 Å². The smallest absolute Gasteiger partial charge is 0.341 e.